The van der Waals surface area contributed by atoms with Crippen molar-refractivity contribution in [2.45, 2.75) is 65.7 Å². The van der Waals surface area contributed by atoms with Crippen LogP contribution in [0.25, 0.3) is 0 Å². The Hall–Kier alpha value is -1.36. The molecule has 5 rings (SSSR count). The molecule has 0 radical (unpaired) electrons. The molecule has 4 fully saturated rings. The van der Waals surface area contributed by atoms with Crippen LogP contribution < -0.4 is 5.32 Å². The van der Waals surface area contributed by atoms with Gasteiger partial charge in [0.25, 0.3) is 0 Å². The standard InChI is InChI=1S/C21H29NO3S/c1-4-16-12(3)26-18(17(16)19(23)25-5-2)22-20(24)21-9-13-6-14(10-21)8-15(7-13)11-21/h13-15H,4-11H2,1-3H3,(H,22,24). The Labute approximate surface area is 159 Å². The lowest BCUT2D eigenvalue weighted by atomic mass is 9.49. The van der Waals surface area contributed by atoms with Crippen molar-refractivity contribution in [1.29, 1.82) is 0 Å². The molecule has 0 spiro atoms. The van der Waals surface area contributed by atoms with Crippen LogP contribution in [0.3, 0.4) is 0 Å². The molecule has 4 aliphatic carbocycles. The van der Waals surface area contributed by atoms with Crippen molar-refractivity contribution in [3.63, 3.8) is 0 Å². The molecule has 0 aromatic carbocycles. The summed E-state index contributed by atoms with van der Waals surface area (Å²) in [5.74, 6) is 2.02. The Morgan fingerprint density at radius 2 is 1.69 bits per heavy atom. The number of carbonyl (C=O) groups is 2. The molecular weight excluding hydrogens is 346 g/mol. The number of thiophene rings is 1. The van der Waals surface area contributed by atoms with Gasteiger partial charge in [0.05, 0.1) is 17.6 Å². The average molecular weight is 376 g/mol. The summed E-state index contributed by atoms with van der Waals surface area (Å²) in [4.78, 5) is 27.0. The Bertz CT molecular complexity index is 701. The Morgan fingerprint density at radius 1 is 1.12 bits per heavy atom. The monoisotopic (exact) mass is 375 g/mol. The van der Waals surface area contributed by atoms with Crippen LogP contribution in [-0.4, -0.2) is 18.5 Å². The van der Waals surface area contributed by atoms with Crippen LogP contribution in [-0.2, 0) is 16.0 Å². The van der Waals surface area contributed by atoms with Crippen molar-refractivity contribution in [2.75, 3.05) is 11.9 Å². The molecule has 1 N–H and O–H groups in total. The molecule has 1 aromatic rings. The maximum absolute atomic E-state index is 13.4. The third-order valence-corrected chi connectivity index (χ3v) is 7.85. The normalized spacial score (nSPS) is 31.9. The number of amides is 1. The molecular formula is C21H29NO3S. The second-order valence-corrected chi connectivity index (χ2v) is 9.79. The van der Waals surface area contributed by atoms with E-state index in [1.54, 1.807) is 0 Å². The zero-order chi connectivity index (χ0) is 18.5. The van der Waals surface area contributed by atoms with Crippen molar-refractivity contribution in [3.8, 4) is 0 Å². The minimum atomic E-state index is -0.311. The van der Waals surface area contributed by atoms with E-state index in [2.05, 4.69) is 5.32 Å². The third-order valence-electron chi connectivity index (χ3n) is 6.79. The van der Waals surface area contributed by atoms with Gasteiger partial charge < -0.3 is 10.1 Å². The molecule has 4 aliphatic rings. The van der Waals surface area contributed by atoms with E-state index in [9.17, 15) is 9.59 Å². The van der Waals surface area contributed by atoms with Gasteiger partial charge in [0.1, 0.15) is 5.00 Å². The number of aryl methyl sites for hydroxylation is 1. The molecule has 4 nitrogen and oxygen atoms in total. The first-order valence-corrected chi connectivity index (χ1v) is 10.9. The van der Waals surface area contributed by atoms with E-state index in [4.69, 9.17) is 4.74 Å². The second kappa shape index (κ2) is 6.66. The fraction of sp³-hybridized carbons (Fsp3) is 0.714. The van der Waals surface area contributed by atoms with E-state index in [1.807, 2.05) is 20.8 Å². The predicted molar refractivity (Wildman–Crippen MR) is 104 cm³/mol. The highest BCUT2D eigenvalue weighted by Crippen LogP contribution is 2.60. The summed E-state index contributed by atoms with van der Waals surface area (Å²) in [6.45, 7) is 6.23. The number of nitrogens with one attached hydrogen (secondary N) is 1. The lowest BCUT2D eigenvalue weighted by molar-refractivity contribution is -0.140. The molecule has 1 aromatic heterocycles. The molecule has 5 heteroatoms. The molecule has 0 unspecified atom stereocenters. The molecule has 1 heterocycles. The molecule has 4 bridgehead atoms. The summed E-state index contributed by atoms with van der Waals surface area (Å²) < 4.78 is 5.27. The largest absolute Gasteiger partial charge is 0.462 e. The molecule has 0 saturated heterocycles. The van der Waals surface area contributed by atoms with Crippen molar-refractivity contribution < 1.29 is 14.3 Å². The van der Waals surface area contributed by atoms with Gasteiger partial charge in [-0.05, 0) is 82.1 Å². The first-order chi connectivity index (χ1) is 12.5. The fourth-order valence-electron chi connectivity index (χ4n) is 6.14. The Kier molecular flexibility index (Phi) is 4.62. The van der Waals surface area contributed by atoms with Crippen molar-refractivity contribution in [2.24, 2.45) is 23.2 Å². The number of hydrogen-bond acceptors (Lipinski definition) is 4. The Balaban J connectivity index is 1.61. The van der Waals surface area contributed by atoms with Crippen LogP contribution >= 0.6 is 11.3 Å². The zero-order valence-corrected chi connectivity index (χ0v) is 16.8. The zero-order valence-electron chi connectivity index (χ0n) is 16.0. The molecule has 0 atom stereocenters. The van der Waals surface area contributed by atoms with Crippen LogP contribution in [0.5, 0.6) is 0 Å². The molecule has 0 aliphatic heterocycles. The maximum Gasteiger partial charge on any atom is 0.341 e. The summed E-state index contributed by atoms with van der Waals surface area (Å²) in [6.07, 6.45) is 7.82. The molecule has 4 saturated carbocycles. The van der Waals surface area contributed by atoms with Crippen LogP contribution in [0.1, 0.15) is 73.2 Å². The van der Waals surface area contributed by atoms with E-state index in [0.29, 0.717) is 17.2 Å². The van der Waals surface area contributed by atoms with Gasteiger partial charge in [0.2, 0.25) is 5.91 Å². The topological polar surface area (TPSA) is 55.4 Å². The summed E-state index contributed by atoms with van der Waals surface area (Å²) in [7, 11) is 0. The molecule has 142 valence electrons. The van der Waals surface area contributed by atoms with E-state index in [-0.39, 0.29) is 17.3 Å². The SMILES string of the molecule is CCOC(=O)c1c(NC(=O)C23CC4CC(CC(C4)C2)C3)sc(C)c1CC. The third kappa shape index (κ3) is 2.88. The first kappa shape index (κ1) is 18.0. The van der Waals surface area contributed by atoms with Gasteiger partial charge in [0, 0.05) is 4.88 Å². The molecule has 26 heavy (non-hydrogen) atoms. The number of ether oxygens (including phenoxy) is 1. The fourth-order valence-corrected chi connectivity index (χ4v) is 7.26. The van der Waals surface area contributed by atoms with E-state index >= 15 is 0 Å². The van der Waals surface area contributed by atoms with Gasteiger partial charge in [-0.15, -0.1) is 11.3 Å². The van der Waals surface area contributed by atoms with Crippen LogP contribution in [0.4, 0.5) is 5.00 Å². The van der Waals surface area contributed by atoms with E-state index in [1.165, 1.54) is 30.6 Å². The summed E-state index contributed by atoms with van der Waals surface area (Å²) in [5.41, 5.74) is 1.38. The highest BCUT2D eigenvalue weighted by atomic mass is 32.1. The number of anilines is 1. The van der Waals surface area contributed by atoms with E-state index in [0.717, 1.165) is 53.9 Å². The number of esters is 1. The quantitative estimate of drug-likeness (QED) is 0.741. The average Bonchev–Trinajstić information content (AvgIpc) is 2.89. The highest BCUT2D eigenvalue weighted by molar-refractivity contribution is 7.16. The predicted octanol–water partition coefficient (Wildman–Crippen LogP) is 4.95. The smallest absolute Gasteiger partial charge is 0.341 e. The van der Waals surface area contributed by atoms with Gasteiger partial charge in [-0.25, -0.2) is 4.79 Å². The first-order valence-electron chi connectivity index (χ1n) is 10.1. The van der Waals surface area contributed by atoms with Gasteiger partial charge in [-0.3, -0.25) is 4.79 Å². The maximum atomic E-state index is 13.4. The minimum Gasteiger partial charge on any atom is -0.462 e. The molecule has 1 amide bonds. The van der Waals surface area contributed by atoms with Crippen molar-refractivity contribution in [3.05, 3.63) is 16.0 Å². The van der Waals surface area contributed by atoms with Gasteiger partial charge in [-0.1, -0.05) is 6.92 Å². The summed E-state index contributed by atoms with van der Waals surface area (Å²) >= 11 is 1.52. The van der Waals surface area contributed by atoms with Gasteiger partial charge in [-0.2, -0.15) is 0 Å². The Morgan fingerprint density at radius 3 is 2.19 bits per heavy atom. The van der Waals surface area contributed by atoms with Gasteiger partial charge >= 0.3 is 5.97 Å². The highest BCUT2D eigenvalue weighted by Gasteiger charge is 2.54. The van der Waals surface area contributed by atoms with Crippen molar-refractivity contribution >= 4 is 28.2 Å². The van der Waals surface area contributed by atoms with Crippen LogP contribution in [0.2, 0.25) is 0 Å². The summed E-state index contributed by atoms with van der Waals surface area (Å²) in [5, 5.41) is 3.87. The van der Waals surface area contributed by atoms with Gasteiger partial charge in [0.15, 0.2) is 0 Å². The minimum absolute atomic E-state index is 0.144. The van der Waals surface area contributed by atoms with Crippen LogP contribution in [0, 0.1) is 30.1 Å². The van der Waals surface area contributed by atoms with E-state index < -0.39 is 0 Å². The number of carbonyl (C=O) groups excluding carboxylic acids is 2. The lowest BCUT2D eigenvalue weighted by Gasteiger charge is -2.55. The second-order valence-electron chi connectivity index (χ2n) is 8.57. The van der Waals surface area contributed by atoms with Crippen molar-refractivity contribution in [1.82, 2.24) is 0 Å². The number of hydrogen-bond donors (Lipinski definition) is 1. The van der Waals surface area contributed by atoms with Crippen LogP contribution in [0.15, 0.2) is 0 Å². The lowest BCUT2D eigenvalue weighted by Crippen LogP contribution is -2.51. The number of rotatable bonds is 5. The summed E-state index contributed by atoms with van der Waals surface area (Å²) in [6, 6.07) is 0.